The summed E-state index contributed by atoms with van der Waals surface area (Å²) < 4.78 is 7.86. The number of ether oxygens (including phenoxy) is 1. The first-order valence-electron chi connectivity index (χ1n) is 8.39. The van der Waals surface area contributed by atoms with Gasteiger partial charge in [0.05, 0.1) is 24.4 Å². The second kappa shape index (κ2) is 5.85. The minimum Gasteiger partial charge on any atom is -0.394 e. The van der Waals surface area contributed by atoms with Gasteiger partial charge in [-0.05, 0) is 48.8 Å². The maximum atomic E-state index is 12.4. The number of nitrogens with zero attached hydrogens (tertiary/aromatic N) is 1. The Labute approximate surface area is 135 Å². The molecule has 2 fully saturated rings. The van der Waals surface area contributed by atoms with Crippen molar-refractivity contribution in [2.45, 2.75) is 50.4 Å². The molecule has 2 aromatic rings. The lowest BCUT2D eigenvalue weighted by molar-refractivity contribution is -0.0503. The van der Waals surface area contributed by atoms with E-state index >= 15 is 0 Å². The summed E-state index contributed by atoms with van der Waals surface area (Å²) in [6.45, 7) is 0.592. The van der Waals surface area contributed by atoms with Crippen molar-refractivity contribution in [3.63, 3.8) is 0 Å². The number of hydrogen-bond acceptors (Lipinski definition) is 3. The number of pyridine rings is 1. The van der Waals surface area contributed by atoms with E-state index in [0.717, 1.165) is 18.4 Å². The Bertz CT molecular complexity index is 750. The zero-order chi connectivity index (χ0) is 15.8. The fourth-order valence-electron chi connectivity index (χ4n) is 3.28. The average Bonchev–Trinajstić information content (AvgIpc) is 3.36. The van der Waals surface area contributed by atoms with E-state index in [9.17, 15) is 4.79 Å². The van der Waals surface area contributed by atoms with Gasteiger partial charge in [0.25, 0.3) is 5.56 Å². The summed E-state index contributed by atoms with van der Waals surface area (Å²) in [4.78, 5) is 12.4. The van der Waals surface area contributed by atoms with Crippen LogP contribution in [0.15, 0.2) is 47.4 Å². The van der Waals surface area contributed by atoms with Gasteiger partial charge in [0.1, 0.15) is 0 Å². The van der Waals surface area contributed by atoms with Crippen molar-refractivity contribution < 1.29 is 4.74 Å². The monoisotopic (exact) mass is 310 g/mol. The zero-order valence-corrected chi connectivity index (χ0v) is 13.2. The van der Waals surface area contributed by atoms with Gasteiger partial charge in [-0.15, -0.1) is 0 Å². The molecule has 1 aromatic heterocycles. The van der Waals surface area contributed by atoms with Crippen LogP contribution in [-0.4, -0.2) is 10.7 Å². The molecular weight excluding hydrogens is 288 g/mol. The molecule has 23 heavy (non-hydrogen) atoms. The van der Waals surface area contributed by atoms with E-state index in [1.54, 1.807) is 0 Å². The molecule has 2 saturated carbocycles. The highest BCUT2D eigenvalue weighted by molar-refractivity contribution is 5.40. The molecule has 0 saturated heterocycles. The highest BCUT2D eigenvalue weighted by atomic mass is 16.5. The molecule has 2 N–H and O–H groups in total. The number of rotatable bonds is 5. The van der Waals surface area contributed by atoms with Crippen molar-refractivity contribution in [3.05, 3.63) is 64.1 Å². The second-order valence-corrected chi connectivity index (χ2v) is 6.70. The van der Waals surface area contributed by atoms with Crippen LogP contribution in [0.1, 0.15) is 48.8 Å². The molecule has 4 heteroatoms. The number of aromatic nitrogens is 1. The number of benzene rings is 1. The third-order valence-electron chi connectivity index (χ3n) is 4.98. The van der Waals surface area contributed by atoms with E-state index in [4.69, 9.17) is 10.5 Å². The first-order chi connectivity index (χ1) is 11.2. The lowest BCUT2D eigenvalue weighted by atomic mass is 9.88. The third kappa shape index (κ3) is 2.91. The smallest absolute Gasteiger partial charge is 0.274 e. The van der Waals surface area contributed by atoms with Gasteiger partial charge in [0.2, 0.25) is 0 Å². The number of anilines is 1. The topological polar surface area (TPSA) is 57.2 Å². The molecule has 0 aliphatic heterocycles. The minimum atomic E-state index is -0.0765. The molecule has 2 atom stereocenters. The normalized spacial score (nSPS) is 23.5. The highest BCUT2D eigenvalue weighted by Gasteiger charge is 2.35. The summed E-state index contributed by atoms with van der Waals surface area (Å²) in [5.74, 6) is 0.591. The Morgan fingerprint density at radius 3 is 2.57 bits per heavy atom. The van der Waals surface area contributed by atoms with Crippen LogP contribution in [0.25, 0.3) is 0 Å². The van der Waals surface area contributed by atoms with Crippen molar-refractivity contribution in [3.8, 4) is 0 Å². The van der Waals surface area contributed by atoms with E-state index in [1.807, 2.05) is 35.0 Å². The van der Waals surface area contributed by atoms with E-state index < -0.39 is 0 Å². The summed E-state index contributed by atoms with van der Waals surface area (Å²) in [7, 11) is 0. The maximum absolute atomic E-state index is 12.4. The van der Waals surface area contributed by atoms with Gasteiger partial charge in [-0.2, -0.15) is 0 Å². The Balaban J connectivity index is 1.50. The number of nitrogen functional groups attached to an aromatic ring is 1. The van der Waals surface area contributed by atoms with Crippen LogP contribution in [-0.2, 0) is 11.3 Å². The summed E-state index contributed by atoms with van der Waals surface area (Å²) in [6, 6.07) is 12.1. The van der Waals surface area contributed by atoms with E-state index in [-0.39, 0.29) is 17.7 Å². The third-order valence-corrected chi connectivity index (χ3v) is 4.98. The van der Waals surface area contributed by atoms with Crippen LogP contribution in [0, 0.1) is 0 Å². The molecule has 1 unspecified atom stereocenters. The van der Waals surface area contributed by atoms with Crippen LogP contribution in [0.5, 0.6) is 0 Å². The van der Waals surface area contributed by atoms with Gasteiger partial charge in [0, 0.05) is 6.20 Å². The molecule has 120 valence electrons. The van der Waals surface area contributed by atoms with Crippen molar-refractivity contribution in [1.29, 1.82) is 0 Å². The summed E-state index contributed by atoms with van der Waals surface area (Å²) in [5, 5.41) is 0. The number of nitrogens with two attached hydrogens (primary N) is 1. The molecule has 1 heterocycles. The molecular formula is C19H22N2O2. The Kier molecular flexibility index (Phi) is 3.69. The Hall–Kier alpha value is -2.07. The van der Waals surface area contributed by atoms with Gasteiger partial charge >= 0.3 is 0 Å². The SMILES string of the molecule is Nc1cc(C2CC2)cn(C2CC[C@H]2OCc2ccccc2)c1=O. The Morgan fingerprint density at radius 1 is 1.13 bits per heavy atom. The summed E-state index contributed by atoms with van der Waals surface area (Å²) in [6.07, 6.45) is 6.50. The predicted molar refractivity (Wildman–Crippen MR) is 90.4 cm³/mol. The van der Waals surface area contributed by atoms with Gasteiger partial charge in [0.15, 0.2) is 0 Å². The molecule has 1 aromatic carbocycles. The fourth-order valence-corrected chi connectivity index (χ4v) is 3.28. The summed E-state index contributed by atoms with van der Waals surface area (Å²) in [5.41, 5.74) is 8.60. The maximum Gasteiger partial charge on any atom is 0.274 e. The van der Waals surface area contributed by atoms with Crippen molar-refractivity contribution in [1.82, 2.24) is 4.57 Å². The highest BCUT2D eigenvalue weighted by Crippen LogP contribution is 2.41. The van der Waals surface area contributed by atoms with Crippen molar-refractivity contribution >= 4 is 5.69 Å². The zero-order valence-electron chi connectivity index (χ0n) is 13.2. The predicted octanol–water partition coefficient (Wildman–Crippen LogP) is 3.23. The number of hydrogen-bond donors (Lipinski definition) is 1. The molecule has 2 aliphatic rings. The molecule has 0 amide bonds. The molecule has 2 aliphatic carbocycles. The summed E-state index contributed by atoms with van der Waals surface area (Å²) >= 11 is 0. The van der Waals surface area contributed by atoms with Crippen LogP contribution in [0.4, 0.5) is 5.69 Å². The largest absolute Gasteiger partial charge is 0.394 e. The van der Waals surface area contributed by atoms with Gasteiger partial charge < -0.3 is 15.0 Å². The minimum absolute atomic E-state index is 0.0765. The van der Waals surface area contributed by atoms with Crippen LogP contribution in [0.3, 0.4) is 0 Å². The van der Waals surface area contributed by atoms with Crippen molar-refractivity contribution in [2.75, 3.05) is 5.73 Å². The molecule has 0 spiro atoms. The first kappa shape index (κ1) is 14.5. The van der Waals surface area contributed by atoms with E-state index in [2.05, 4.69) is 12.1 Å². The van der Waals surface area contributed by atoms with E-state index in [0.29, 0.717) is 18.2 Å². The molecule has 0 bridgehead atoms. The molecule has 4 rings (SSSR count). The first-order valence-corrected chi connectivity index (χ1v) is 8.39. The van der Waals surface area contributed by atoms with Gasteiger partial charge in [-0.3, -0.25) is 4.79 Å². The lowest BCUT2D eigenvalue weighted by Crippen LogP contribution is -2.41. The fraction of sp³-hybridized carbons (Fsp3) is 0.421. The molecule has 0 radical (unpaired) electrons. The van der Waals surface area contributed by atoms with Crippen LogP contribution < -0.4 is 11.3 Å². The lowest BCUT2D eigenvalue weighted by Gasteiger charge is -2.38. The second-order valence-electron chi connectivity index (χ2n) is 6.70. The quantitative estimate of drug-likeness (QED) is 0.922. The van der Waals surface area contributed by atoms with Crippen LogP contribution in [0.2, 0.25) is 0 Å². The van der Waals surface area contributed by atoms with Gasteiger partial charge in [-0.1, -0.05) is 30.3 Å². The average molecular weight is 310 g/mol. The van der Waals surface area contributed by atoms with Crippen molar-refractivity contribution in [2.24, 2.45) is 0 Å². The van der Waals surface area contributed by atoms with Gasteiger partial charge in [-0.25, -0.2) is 0 Å². The Morgan fingerprint density at radius 2 is 1.91 bits per heavy atom. The van der Waals surface area contributed by atoms with E-state index in [1.165, 1.54) is 18.4 Å². The molecule has 4 nitrogen and oxygen atoms in total. The van der Waals surface area contributed by atoms with Crippen LogP contribution >= 0.6 is 0 Å². The standard InChI is InChI=1S/C19H22N2O2/c20-16-10-15(14-6-7-14)11-21(19(16)22)17-8-9-18(17)23-12-13-4-2-1-3-5-13/h1-5,10-11,14,17-18H,6-9,12,20H2/t17?,18-/m1/s1.